The van der Waals surface area contributed by atoms with E-state index < -0.39 is 11.8 Å². The Morgan fingerprint density at radius 2 is 1.55 bits per heavy atom. The first-order chi connectivity index (χ1) is 15.9. The predicted octanol–water partition coefficient (Wildman–Crippen LogP) is 4.88. The zero-order chi connectivity index (χ0) is 23.8. The van der Waals surface area contributed by atoms with Gasteiger partial charge in [-0.05, 0) is 48.5 Å². The van der Waals surface area contributed by atoms with Crippen molar-refractivity contribution in [3.63, 3.8) is 0 Å². The van der Waals surface area contributed by atoms with Crippen molar-refractivity contribution in [2.75, 3.05) is 26.6 Å². The Morgan fingerprint density at radius 1 is 0.818 bits per heavy atom. The zero-order valence-electron chi connectivity index (χ0n) is 18.3. The van der Waals surface area contributed by atoms with E-state index in [-0.39, 0.29) is 5.70 Å². The highest BCUT2D eigenvalue weighted by molar-refractivity contribution is 9.10. The molecule has 0 bridgehead atoms. The van der Waals surface area contributed by atoms with Gasteiger partial charge in [-0.15, -0.1) is 0 Å². The first-order valence-corrected chi connectivity index (χ1v) is 10.7. The van der Waals surface area contributed by atoms with Crippen molar-refractivity contribution in [3.05, 3.63) is 88.0 Å². The van der Waals surface area contributed by atoms with E-state index in [4.69, 9.17) is 14.2 Å². The van der Waals surface area contributed by atoms with Crippen LogP contribution in [0.5, 0.6) is 17.2 Å². The minimum Gasteiger partial charge on any atom is -0.496 e. The molecule has 3 rings (SSSR count). The van der Waals surface area contributed by atoms with Gasteiger partial charge in [0, 0.05) is 21.3 Å². The monoisotopic (exact) mass is 510 g/mol. The van der Waals surface area contributed by atoms with Crippen LogP contribution in [0.3, 0.4) is 0 Å². The molecule has 0 aliphatic rings. The van der Waals surface area contributed by atoms with Crippen LogP contribution in [0.15, 0.2) is 76.9 Å². The molecule has 2 N–H and O–H groups in total. The Kier molecular flexibility index (Phi) is 8.10. The van der Waals surface area contributed by atoms with Crippen LogP contribution in [0.25, 0.3) is 6.08 Å². The summed E-state index contributed by atoms with van der Waals surface area (Å²) in [6.07, 6.45) is 1.56. The molecule has 0 spiro atoms. The molecule has 0 unspecified atom stereocenters. The van der Waals surface area contributed by atoms with Crippen LogP contribution in [0, 0.1) is 0 Å². The minimum atomic E-state index is -0.493. The lowest BCUT2D eigenvalue weighted by Crippen LogP contribution is -2.30. The maximum absolute atomic E-state index is 13.1. The summed E-state index contributed by atoms with van der Waals surface area (Å²) in [6, 6.07) is 19.1. The summed E-state index contributed by atoms with van der Waals surface area (Å²) in [7, 11) is 4.53. The fourth-order valence-electron chi connectivity index (χ4n) is 3.04. The number of benzene rings is 3. The van der Waals surface area contributed by atoms with Crippen molar-refractivity contribution < 1.29 is 23.8 Å². The molecule has 7 nitrogen and oxygen atoms in total. The number of nitrogens with one attached hydrogen (secondary N) is 2. The molecule has 0 aromatic heterocycles. The van der Waals surface area contributed by atoms with Crippen molar-refractivity contribution in [1.82, 2.24) is 5.32 Å². The van der Waals surface area contributed by atoms with Crippen LogP contribution < -0.4 is 24.8 Å². The zero-order valence-corrected chi connectivity index (χ0v) is 19.9. The lowest BCUT2D eigenvalue weighted by atomic mass is 10.1. The fourth-order valence-corrected chi connectivity index (χ4v) is 3.44. The van der Waals surface area contributed by atoms with E-state index in [1.165, 1.54) is 21.3 Å². The largest absolute Gasteiger partial charge is 0.496 e. The topological polar surface area (TPSA) is 85.9 Å². The molecule has 0 atom stereocenters. The number of halogens is 1. The number of hydrogen-bond acceptors (Lipinski definition) is 5. The Bertz CT molecular complexity index is 1190. The summed E-state index contributed by atoms with van der Waals surface area (Å²) in [4.78, 5) is 26.1. The van der Waals surface area contributed by atoms with E-state index in [0.717, 1.165) is 4.47 Å². The highest BCUT2D eigenvalue weighted by Gasteiger charge is 2.17. The molecule has 33 heavy (non-hydrogen) atoms. The SMILES string of the molecule is COc1ccccc1/C=C(/NC(=O)c1ccc(OC)c(OC)c1)C(=O)Nc1cccc(Br)c1. The van der Waals surface area contributed by atoms with E-state index in [1.54, 1.807) is 54.6 Å². The third kappa shape index (κ3) is 6.14. The number of carbonyl (C=O) groups is 2. The van der Waals surface area contributed by atoms with Gasteiger partial charge in [-0.3, -0.25) is 9.59 Å². The van der Waals surface area contributed by atoms with Gasteiger partial charge < -0.3 is 24.8 Å². The average molecular weight is 511 g/mol. The first-order valence-electron chi connectivity index (χ1n) is 9.90. The lowest BCUT2D eigenvalue weighted by molar-refractivity contribution is -0.113. The van der Waals surface area contributed by atoms with E-state index in [1.807, 2.05) is 18.2 Å². The molecule has 0 radical (unpaired) electrons. The molecule has 0 fully saturated rings. The third-order valence-electron chi connectivity index (χ3n) is 4.66. The van der Waals surface area contributed by atoms with Crippen LogP contribution in [0.4, 0.5) is 5.69 Å². The van der Waals surface area contributed by atoms with Gasteiger partial charge in [0.05, 0.1) is 21.3 Å². The molecule has 170 valence electrons. The predicted molar refractivity (Wildman–Crippen MR) is 131 cm³/mol. The molecule has 0 heterocycles. The van der Waals surface area contributed by atoms with Crippen molar-refractivity contribution >= 4 is 39.5 Å². The van der Waals surface area contributed by atoms with Gasteiger partial charge in [-0.2, -0.15) is 0 Å². The van der Waals surface area contributed by atoms with Crippen LogP contribution in [-0.4, -0.2) is 33.1 Å². The van der Waals surface area contributed by atoms with Gasteiger partial charge >= 0.3 is 0 Å². The molecule has 0 aliphatic heterocycles. The quantitative estimate of drug-likeness (QED) is 0.421. The maximum Gasteiger partial charge on any atom is 0.272 e. The smallest absolute Gasteiger partial charge is 0.272 e. The van der Waals surface area contributed by atoms with E-state index in [9.17, 15) is 9.59 Å². The molecule has 3 aromatic rings. The first kappa shape index (κ1) is 23.9. The summed E-state index contributed by atoms with van der Waals surface area (Å²) in [5.41, 5.74) is 1.54. The van der Waals surface area contributed by atoms with Crippen LogP contribution in [0.1, 0.15) is 15.9 Å². The molecular weight excluding hydrogens is 488 g/mol. The van der Waals surface area contributed by atoms with Gasteiger partial charge in [0.25, 0.3) is 11.8 Å². The van der Waals surface area contributed by atoms with Crippen LogP contribution in [-0.2, 0) is 4.79 Å². The summed E-state index contributed by atoms with van der Waals surface area (Å²) >= 11 is 3.38. The standard InChI is InChI=1S/C25H23BrN2O5/c1-31-21-10-5-4-7-16(21)13-20(25(30)27-19-9-6-8-18(26)15-19)28-24(29)17-11-12-22(32-2)23(14-17)33-3/h4-15H,1-3H3,(H,27,30)(H,28,29)/b20-13+. The molecule has 0 saturated carbocycles. The minimum absolute atomic E-state index is 0.0410. The number of ether oxygens (including phenoxy) is 3. The highest BCUT2D eigenvalue weighted by Crippen LogP contribution is 2.28. The van der Waals surface area contributed by atoms with Crippen LogP contribution >= 0.6 is 15.9 Å². The van der Waals surface area contributed by atoms with Crippen molar-refractivity contribution in [3.8, 4) is 17.2 Å². The summed E-state index contributed by atoms with van der Waals surface area (Å²) < 4.78 is 16.7. The second-order valence-electron chi connectivity index (χ2n) is 6.79. The number of amides is 2. The molecular formula is C25H23BrN2O5. The third-order valence-corrected chi connectivity index (χ3v) is 5.15. The number of anilines is 1. The summed E-state index contributed by atoms with van der Waals surface area (Å²) in [5.74, 6) is 0.477. The number of hydrogen-bond donors (Lipinski definition) is 2. The number of methoxy groups -OCH3 is 3. The number of carbonyl (C=O) groups excluding carboxylic acids is 2. The lowest BCUT2D eigenvalue weighted by Gasteiger charge is -2.14. The summed E-state index contributed by atoms with van der Waals surface area (Å²) in [6.45, 7) is 0. The van der Waals surface area contributed by atoms with Crippen LogP contribution in [0.2, 0.25) is 0 Å². The fraction of sp³-hybridized carbons (Fsp3) is 0.120. The number of para-hydroxylation sites is 1. The Balaban J connectivity index is 1.95. The van der Waals surface area contributed by atoms with Crippen molar-refractivity contribution in [2.24, 2.45) is 0 Å². The Labute approximate surface area is 200 Å². The maximum atomic E-state index is 13.1. The van der Waals surface area contributed by atoms with Gasteiger partial charge in [0.1, 0.15) is 11.4 Å². The normalized spacial score (nSPS) is 10.8. The average Bonchev–Trinajstić information content (AvgIpc) is 2.83. The Morgan fingerprint density at radius 3 is 2.24 bits per heavy atom. The van der Waals surface area contributed by atoms with Crippen molar-refractivity contribution in [2.45, 2.75) is 0 Å². The van der Waals surface area contributed by atoms with Gasteiger partial charge in [-0.1, -0.05) is 40.2 Å². The van der Waals surface area contributed by atoms with Crippen molar-refractivity contribution in [1.29, 1.82) is 0 Å². The summed E-state index contributed by atoms with van der Waals surface area (Å²) in [5, 5.41) is 5.50. The molecule has 0 saturated heterocycles. The Hall–Kier alpha value is -3.78. The van der Waals surface area contributed by atoms with Gasteiger partial charge in [-0.25, -0.2) is 0 Å². The second-order valence-corrected chi connectivity index (χ2v) is 7.70. The highest BCUT2D eigenvalue weighted by atomic mass is 79.9. The van der Waals surface area contributed by atoms with E-state index in [2.05, 4.69) is 26.6 Å². The number of rotatable bonds is 8. The van der Waals surface area contributed by atoms with E-state index in [0.29, 0.717) is 34.1 Å². The van der Waals surface area contributed by atoms with Gasteiger partial charge in [0.2, 0.25) is 0 Å². The van der Waals surface area contributed by atoms with Gasteiger partial charge in [0.15, 0.2) is 11.5 Å². The molecule has 8 heteroatoms. The molecule has 0 aliphatic carbocycles. The molecule has 3 aromatic carbocycles. The van der Waals surface area contributed by atoms with E-state index >= 15 is 0 Å². The second kappa shape index (κ2) is 11.2. The molecule has 2 amide bonds.